The second-order valence-corrected chi connectivity index (χ2v) is 6.05. The number of thiophene rings is 1. The number of aryl methyl sites for hydroxylation is 2. The molecule has 0 aliphatic rings. The highest BCUT2D eigenvalue weighted by Crippen LogP contribution is 2.25. The van der Waals surface area contributed by atoms with Crippen LogP contribution in [0, 0.1) is 13.8 Å². The molecule has 21 heavy (non-hydrogen) atoms. The van der Waals surface area contributed by atoms with Crippen molar-refractivity contribution in [2.24, 2.45) is 0 Å². The highest BCUT2D eigenvalue weighted by molar-refractivity contribution is 7.18. The van der Waals surface area contributed by atoms with Gasteiger partial charge in [0.25, 0.3) is 5.56 Å². The highest BCUT2D eigenvalue weighted by atomic mass is 32.1. The molecular formula is C14H21N3O3S. The first-order chi connectivity index (χ1) is 10.1. The third kappa shape index (κ3) is 4.10. The van der Waals surface area contributed by atoms with Crippen molar-refractivity contribution in [3.8, 4) is 0 Å². The number of fused-ring (bicyclic) bond motifs is 1. The first-order valence-corrected chi connectivity index (χ1v) is 7.83. The molecule has 3 N–H and O–H groups in total. The number of H-pyrrole nitrogens is 1. The minimum absolute atomic E-state index is 0.0538. The number of ether oxygens (including phenoxy) is 1. The summed E-state index contributed by atoms with van der Waals surface area (Å²) in [5, 5.41) is 12.5. The van der Waals surface area contributed by atoms with Gasteiger partial charge in [0.15, 0.2) is 0 Å². The molecule has 0 bridgehead atoms. The summed E-state index contributed by atoms with van der Waals surface area (Å²) in [6.45, 7) is 6.30. The van der Waals surface area contributed by atoms with E-state index < -0.39 is 0 Å². The number of nitrogens with one attached hydrogen (secondary N) is 2. The van der Waals surface area contributed by atoms with E-state index >= 15 is 0 Å². The molecule has 0 atom stereocenters. The van der Waals surface area contributed by atoms with E-state index in [0.29, 0.717) is 31.0 Å². The Labute approximate surface area is 127 Å². The van der Waals surface area contributed by atoms with E-state index in [4.69, 9.17) is 9.84 Å². The zero-order chi connectivity index (χ0) is 15.2. The number of hydrogen-bond donors (Lipinski definition) is 3. The van der Waals surface area contributed by atoms with Crippen molar-refractivity contribution in [1.82, 2.24) is 15.3 Å². The van der Waals surface area contributed by atoms with E-state index in [2.05, 4.69) is 15.3 Å². The van der Waals surface area contributed by atoms with Gasteiger partial charge in [0.1, 0.15) is 10.7 Å². The maximum atomic E-state index is 12.1. The Bertz CT molecular complexity index is 651. The lowest BCUT2D eigenvalue weighted by Crippen LogP contribution is -2.21. The van der Waals surface area contributed by atoms with Crippen LogP contribution in [0.1, 0.15) is 22.7 Å². The largest absolute Gasteiger partial charge is 0.394 e. The molecule has 0 fully saturated rings. The average Bonchev–Trinajstić information content (AvgIpc) is 2.73. The van der Waals surface area contributed by atoms with Gasteiger partial charge in [0.05, 0.1) is 25.1 Å². The Kier molecular flexibility index (Phi) is 5.86. The first-order valence-electron chi connectivity index (χ1n) is 7.01. The van der Waals surface area contributed by atoms with Crippen LogP contribution >= 0.6 is 11.3 Å². The number of aromatic nitrogens is 2. The lowest BCUT2D eigenvalue weighted by atomic mass is 10.2. The monoisotopic (exact) mass is 311 g/mol. The molecule has 2 rings (SSSR count). The minimum atomic E-state index is -0.0649. The smallest absolute Gasteiger partial charge is 0.259 e. The standard InChI is InChI=1S/C14H21N3O3S/c1-9-10(2)21-14-12(9)13(19)16-11(17-14)8-15-4-3-6-20-7-5-18/h15,18H,3-8H2,1-2H3,(H,16,17,19). The van der Waals surface area contributed by atoms with Crippen LogP contribution in [-0.4, -0.2) is 41.4 Å². The normalized spacial score (nSPS) is 11.4. The summed E-state index contributed by atoms with van der Waals surface area (Å²) < 4.78 is 5.17. The van der Waals surface area contributed by atoms with Crippen molar-refractivity contribution in [2.45, 2.75) is 26.8 Å². The average molecular weight is 311 g/mol. The van der Waals surface area contributed by atoms with E-state index in [9.17, 15) is 4.79 Å². The summed E-state index contributed by atoms with van der Waals surface area (Å²) >= 11 is 1.56. The maximum absolute atomic E-state index is 12.1. The van der Waals surface area contributed by atoms with Crippen molar-refractivity contribution in [2.75, 3.05) is 26.4 Å². The lowest BCUT2D eigenvalue weighted by Gasteiger charge is -2.05. The van der Waals surface area contributed by atoms with E-state index in [1.807, 2.05) is 13.8 Å². The van der Waals surface area contributed by atoms with Crippen molar-refractivity contribution < 1.29 is 9.84 Å². The van der Waals surface area contributed by atoms with Gasteiger partial charge in [-0.2, -0.15) is 0 Å². The van der Waals surface area contributed by atoms with Gasteiger partial charge in [-0.15, -0.1) is 11.3 Å². The Morgan fingerprint density at radius 1 is 1.38 bits per heavy atom. The summed E-state index contributed by atoms with van der Waals surface area (Å²) in [4.78, 5) is 21.3. The van der Waals surface area contributed by atoms with Crippen molar-refractivity contribution in [1.29, 1.82) is 0 Å². The molecule has 0 radical (unpaired) electrons. The van der Waals surface area contributed by atoms with Crippen LogP contribution < -0.4 is 10.9 Å². The van der Waals surface area contributed by atoms with Gasteiger partial charge in [0, 0.05) is 11.5 Å². The zero-order valence-corrected chi connectivity index (χ0v) is 13.2. The number of nitrogens with zero attached hydrogens (tertiary/aromatic N) is 1. The summed E-state index contributed by atoms with van der Waals surface area (Å²) in [7, 11) is 0. The summed E-state index contributed by atoms with van der Waals surface area (Å²) in [5.74, 6) is 0.657. The number of aliphatic hydroxyl groups is 1. The first kappa shape index (κ1) is 16.1. The van der Waals surface area contributed by atoms with Crippen LogP contribution in [0.3, 0.4) is 0 Å². The van der Waals surface area contributed by atoms with E-state index in [-0.39, 0.29) is 12.2 Å². The fraction of sp³-hybridized carbons (Fsp3) is 0.571. The number of aliphatic hydroxyl groups excluding tert-OH is 1. The Morgan fingerprint density at radius 2 is 2.19 bits per heavy atom. The Balaban J connectivity index is 1.90. The predicted octanol–water partition coefficient (Wildman–Crippen LogP) is 1.09. The molecule has 2 aromatic heterocycles. The molecule has 6 nitrogen and oxygen atoms in total. The van der Waals surface area contributed by atoms with E-state index in [0.717, 1.165) is 28.2 Å². The van der Waals surface area contributed by atoms with E-state index in [1.165, 1.54) is 0 Å². The number of rotatable bonds is 8. The van der Waals surface area contributed by atoms with Crippen molar-refractivity contribution >= 4 is 21.6 Å². The molecule has 0 spiro atoms. The molecule has 0 unspecified atom stereocenters. The van der Waals surface area contributed by atoms with Crippen LogP contribution in [0.4, 0.5) is 0 Å². The summed E-state index contributed by atoms with van der Waals surface area (Å²) in [6, 6.07) is 0. The zero-order valence-electron chi connectivity index (χ0n) is 12.4. The van der Waals surface area contributed by atoms with Crippen LogP contribution in [0.15, 0.2) is 4.79 Å². The molecule has 7 heteroatoms. The third-order valence-corrected chi connectivity index (χ3v) is 4.36. The van der Waals surface area contributed by atoms with Gasteiger partial charge < -0.3 is 20.1 Å². The second-order valence-electron chi connectivity index (χ2n) is 4.84. The topological polar surface area (TPSA) is 87.2 Å². The molecule has 2 aromatic rings. The molecule has 0 saturated carbocycles. The van der Waals surface area contributed by atoms with Gasteiger partial charge >= 0.3 is 0 Å². The van der Waals surface area contributed by atoms with Crippen LogP contribution in [-0.2, 0) is 11.3 Å². The highest BCUT2D eigenvalue weighted by Gasteiger charge is 2.11. The maximum Gasteiger partial charge on any atom is 0.259 e. The van der Waals surface area contributed by atoms with Gasteiger partial charge in [-0.3, -0.25) is 4.79 Å². The Morgan fingerprint density at radius 3 is 2.95 bits per heavy atom. The van der Waals surface area contributed by atoms with Crippen molar-refractivity contribution in [3.63, 3.8) is 0 Å². The van der Waals surface area contributed by atoms with Crippen LogP contribution in [0.25, 0.3) is 10.2 Å². The quantitative estimate of drug-likeness (QED) is 0.635. The van der Waals surface area contributed by atoms with Gasteiger partial charge in [0.2, 0.25) is 0 Å². The predicted molar refractivity (Wildman–Crippen MR) is 83.9 cm³/mol. The number of hydrogen-bond acceptors (Lipinski definition) is 6. The fourth-order valence-electron chi connectivity index (χ4n) is 2.06. The summed E-state index contributed by atoms with van der Waals surface area (Å²) in [6.07, 6.45) is 0.851. The molecule has 0 amide bonds. The van der Waals surface area contributed by atoms with Crippen molar-refractivity contribution in [3.05, 3.63) is 26.6 Å². The van der Waals surface area contributed by atoms with E-state index in [1.54, 1.807) is 11.3 Å². The van der Waals surface area contributed by atoms with Crippen LogP contribution in [0.2, 0.25) is 0 Å². The minimum Gasteiger partial charge on any atom is -0.394 e. The molecule has 0 aromatic carbocycles. The van der Waals surface area contributed by atoms with Gasteiger partial charge in [-0.1, -0.05) is 0 Å². The molecule has 2 heterocycles. The third-order valence-electron chi connectivity index (χ3n) is 3.26. The molecule has 116 valence electrons. The van der Waals surface area contributed by atoms with Gasteiger partial charge in [-0.05, 0) is 32.4 Å². The molecule has 0 aliphatic carbocycles. The molecule has 0 aliphatic heterocycles. The second kappa shape index (κ2) is 7.65. The summed E-state index contributed by atoms with van der Waals surface area (Å²) in [5.41, 5.74) is 0.953. The van der Waals surface area contributed by atoms with Crippen LogP contribution in [0.5, 0.6) is 0 Å². The molecular weight excluding hydrogens is 290 g/mol. The van der Waals surface area contributed by atoms with Gasteiger partial charge in [-0.25, -0.2) is 4.98 Å². The lowest BCUT2D eigenvalue weighted by molar-refractivity contribution is 0.0907. The number of aromatic amines is 1. The fourth-order valence-corrected chi connectivity index (χ4v) is 3.10. The SMILES string of the molecule is Cc1sc2nc(CNCCCOCCO)[nH]c(=O)c2c1C. The Hall–Kier alpha value is -1.28. The molecule has 0 saturated heterocycles.